The predicted molar refractivity (Wildman–Crippen MR) is 59.3 cm³/mol. The highest BCUT2D eigenvalue weighted by molar-refractivity contribution is 7.71. The molecule has 0 unspecified atom stereocenters. The average Bonchev–Trinajstić information content (AvgIpc) is 2.20. The molecule has 0 radical (unpaired) electrons. The topological polar surface area (TPSA) is 37.8 Å². The van der Waals surface area contributed by atoms with E-state index in [1.54, 1.807) is 0 Å². The molecule has 0 saturated carbocycles. The highest BCUT2D eigenvalue weighted by Gasteiger charge is 2.10. The number of H-pyrrole nitrogens is 1. The summed E-state index contributed by atoms with van der Waals surface area (Å²) in [4.78, 5) is 14.4. The average molecular weight is 245 g/mol. The second kappa shape index (κ2) is 3.43. The Hall–Kier alpha value is -1.20. The molecule has 0 fully saturated rings. The zero-order valence-corrected chi connectivity index (χ0v) is 9.25. The molecule has 0 aliphatic rings. The lowest BCUT2D eigenvalue weighted by atomic mass is 10.2. The van der Waals surface area contributed by atoms with Crippen LogP contribution in [0.1, 0.15) is 0 Å². The van der Waals surface area contributed by atoms with Crippen molar-refractivity contribution in [2.24, 2.45) is 7.05 Å². The lowest BCUT2D eigenvalue weighted by Crippen LogP contribution is -2.19. The van der Waals surface area contributed by atoms with E-state index >= 15 is 0 Å². The number of hydrogen-bond donors (Lipinski definition) is 1. The van der Waals surface area contributed by atoms with E-state index < -0.39 is 11.4 Å². The predicted octanol–water partition coefficient (Wildman–Crippen LogP) is 2.39. The Bertz CT molecular complexity index is 661. The zero-order chi connectivity index (χ0) is 11.2. The molecule has 1 aromatic heterocycles. The molecule has 0 amide bonds. The SMILES string of the molecule is Cn1c(=S)[nH]c2c(F)ccc(Cl)c2c1=O. The first-order valence-electron chi connectivity index (χ1n) is 4.09. The van der Waals surface area contributed by atoms with Gasteiger partial charge in [-0.25, -0.2) is 4.39 Å². The quantitative estimate of drug-likeness (QED) is 0.723. The molecule has 3 nitrogen and oxygen atoms in total. The Kier molecular flexibility index (Phi) is 2.36. The van der Waals surface area contributed by atoms with Crippen LogP contribution in [0.2, 0.25) is 5.02 Å². The smallest absolute Gasteiger partial charge is 0.263 e. The van der Waals surface area contributed by atoms with Gasteiger partial charge < -0.3 is 4.98 Å². The second-order valence-electron chi connectivity index (χ2n) is 3.07. The van der Waals surface area contributed by atoms with E-state index in [1.165, 1.54) is 23.7 Å². The maximum absolute atomic E-state index is 13.4. The molecule has 0 aliphatic carbocycles. The number of nitrogens with one attached hydrogen (secondary N) is 1. The molecule has 2 rings (SSSR count). The van der Waals surface area contributed by atoms with Crippen LogP contribution in [-0.2, 0) is 7.05 Å². The Morgan fingerprint density at radius 2 is 2.20 bits per heavy atom. The van der Waals surface area contributed by atoms with Crippen LogP contribution >= 0.6 is 23.8 Å². The Morgan fingerprint density at radius 3 is 2.87 bits per heavy atom. The molecule has 0 aliphatic heterocycles. The van der Waals surface area contributed by atoms with Crippen molar-refractivity contribution < 1.29 is 4.39 Å². The van der Waals surface area contributed by atoms with E-state index in [0.29, 0.717) is 0 Å². The number of fused-ring (bicyclic) bond motifs is 1. The molecule has 1 heterocycles. The maximum atomic E-state index is 13.4. The van der Waals surface area contributed by atoms with Crippen molar-refractivity contribution in [3.8, 4) is 0 Å². The van der Waals surface area contributed by atoms with Gasteiger partial charge in [-0.2, -0.15) is 0 Å². The third kappa shape index (κ3) is 1.48. The normalized spacial score (nSPS) is 10.9. The summed E-state index contributed by atoms with van der Waals surface area (Å²) in [7, 11) is 1.50. The molecular weight excluding hydrogens is 239 g/mol. The van der Waals surface area contributed by atoms with Gasteiger partial charge in [-0.15, -0.1) is 0 Å². The van der Waals surface area contributed by atoms with Gasteiger partial charge in [-0.3, -0.25) is 9.36 Å². The molecule has 2 aromatic rings. The van der Waals surface area contributed by atoms with Gasteiger partial charge in [0.05, 0.1) is 15.9 Å². The van der Waals surface area contributed by atoms with Crippen molar-refractivity contribution in [1.29, 1.82) is 0 Å². The van der Waals surface area contributed by atoms with Crippen LogP contribution in [0.5, 0.6) is 0 Å². The minimum atomic E-state index is -0.543. The summed E-state index contributed by atoms with van der Waals surface area (Å²) in [5.74, 6) is -0.543. The largest absolute Gasteiger partial charge is 0.329 e. The summed E-state index contributed by atoms with van der Waals surface area (Å²) in [6, 6.07) is 2.53. The van der Waals surface area contributed by atoms with Crippen molar-refractivity contribution >= 4 is 34.7 Å². The first kappa shape index (κ1) is 10.3. The number of aromatic nitrogens is 2. The van der Waals surface area contributed by atoms with Crippen LogP contribution in [0, 0.1) is 10.6 Å². The van der Waals surface area contributed by atoms with E-state index in [0.717, 1.165) is 0 Å². The first-order valence-corrected chi connectivity index (χ1v) is 4.88. The molecule has 1 N–H and O–H groups in total. The van der Waals surface area contributed by atoms with Crippen LogP contribution in [0.3, 0.4) is 0 Å². The van der Waals surface area contributed by atoms with Gasteiger partial charge in [0.15, 0.2) is 4.77 Å². The van der Waals surface area contributed by atoms with E-state index in [9.17, 15) is 9.18 Å². The number of halogens is 2. The highest BCUT2D eigenvalue weighted by Crippen LogP contribution is 2.20. The van der Waals surface area contributed by atoms with Crippen molar-refractivity contribution in [3.05, 3.63) is 38.1 Å². The standard InChI is InChI=1S/C9H6ClFN2OS/c1-13-8(14)6-4(10)2-3-5(11)7(6)12-9(13)15/h2-3H,1H3,(H,12,15). The summed E-state index contributed by atoms with van der Waals surface area (Å²) in [6.45, 7) is 0. The van der Waals surface area contributed by atoms with Gasteiger partial charge in [-0.1, -0.05) is 11.6 Å². The minimum absolute atomic E-state index is 0.0515. The lowest BCUT2D eigenvalue weighted by molar-refractivity contribution is 0.634. The number of rotatable bonds is 0. The van der Waals surface area contributed by atoms with Crippen molar-refractivity contribution in [2.45, 2.75) is 0 Å². The molecular formula is C9H6ClFN2OS. The van der Waals surface area contributed by atoms with Crippen LogP contribution in [0.25, 0.3) is 10.9 Å². The summed E-state index contributed by atoms with van der Waals surface area (Å²) in [5, 5.41) is 0.325. The van der Waals surface area contributed by atoms with E-state index in [1.807, 2.05) is 0 Å². The zero-order valence-electron chi connectivity index (χ0n) is 7.67. The van der Waals surface area contributed by atoms with Crippen LogP contribution in [0.15, 0.2) is 16.9 Å². The minimum Gasteiger partial charge on any atom is -0.329 e. The van der Waals surface area contributed by atoms with Gasteiger partial charge in [0.2, 0.25) is 0 Å². The lowest BCUT2D eigenvalue weighted by Gasteiger charge is -2.04. The number of nitrogens with zero attached hydrogens (tertiary/aromatic N) is 1. The fourth-order valence-electron chi connectivity index (χ4n) is 1.33. The highest BCUT2D eigenvalue weighted by atomic mass is 35.5. The number of aromatic amines is 1. The van der Waals surface area contributed by atoms with Crippen LogP contribution in [-0.4, -0.2) is 9.55 Å². The van der Waals surface area contributed by atoms with Crippen molar-refractivity contribution in [3.63, 3.8) is 0 Å². The van der Waals surface area contributed by atoms with Crippen LogP contribution in [0.4, 0.5) is 4.39 Å². The Morgan fingerprint density at radius 1 is 1.53 bits per heavy atom. The maximum Gasteiger partial charge on any atom is 0.263 e. The van der Waals surface area contributed by atoms with E-state index in [-0.39, 0.29) is 20.7 Å². The molecule has 6 heteroatoms. The van der Waals surface area contributed by atoms with E-state index in [2.05, 4.69) is 4.98 Å². The summed E-state index contributed by atoms with van der Waals surface area (Å²) in [6.07, 6.45) is 0. The van der Waals surface area contributed by atoms with E-state index in [4.69, 9.17) is 23.8 Å². The molecule has 0 bridgehead atoms. The fourth-order valence-corrected chi connectivity index (χ4v) is 1.76. The van der Waals surface area contributed by atoms with Gasteiger partial charge in [-0.05, 0) is 24.4 Å². The number of benzene rings is 1. The summed E-state index contributed by atoms with van der Waals surface area (Å²) >= 11 is 10.7. The number of hydrogen-bond acceptors (Lipinski definition) is 2. The van der Waals surface area contributed by atoms with Gasteiger partial charge in [0, 0.05) is 7.05 Å². The molecule has 1 aromatic carbocycles. The first-order chi connectivity index (χ1) is 7.02. The van der Waals surface area contributed by atoms with Gasteiger partial charge in [0.1, 0.15) is 5.82 Å². The Balaban J connectivity index is 3.19. The molecule has 78 valence electrons. The van der Waals surface area contributed by atoms with Crippen LogP contribution < -0.4 is 5.56 Å². The summed E-state index contributed by atoms with van der Waals surface area (Å²) in [5.41, 5.74) is -0.353. The molecule has 0 atom stereocenters. The van der Waals surface area contributed by atoms with Crippen molar-refractivity contribution in [2.75, 3.05) is 0 Å². The molecule has 0 saturated heterocycles. The van der Waals surface area contributed by atoms with Crippen molar-refractivity contribution in [1.82, 2.24) is 9.55 Å². The fraction of sp³-hybridized carbons (Fsp3) is 0.111. The van der Waals surface area contributed by atoms with Gasteiger partial charge in [0.25, 0.3) is 5.56 Å². The third-order valence-electron chi connectivity index (χ3n) is 2.16. The second-order valence-corrected chi connectivity index (χ2v) is 3.87. The van der Waals surface area contributed by atoms with Gasteiger partial charge >= 0.3 is 0 Å². The Labute approximate surface area is 94.1 Å². The monoisotopic (exact) mass is 244 g/mol. The molecule has 0 spiro atoms. The third-order valence-corrected chi connectivity index (χ3v) is 2.85. The molecule has 15 heavy (non-hydrogen) atoms. The summed E-state index contributed by atoms with van der Waals surface area (Å²) < 4.78 is 14.7.